The summed E-state index contributed by atoms with van der Waals surface area (Å²) in [4.78, 5) is 0. The zero-order valence-corrected chi connectivity index (χ0v) is 9.56. The normalized spacial score (nSPS) is 25.4. The summed E-state index contributed by atoms with van der Waals surface area (Å²) >= 11 is 0. The van der Waals surface area contributed by atoms with Gasteiger partial charge in [0.25, 0.3) is 0 Å². The first-order chi connectivity index (χ1) is 7.83. The lowest BCUT2D eigenvalue weighted by atomic mass is 9.98. The molecule has 0 bridgehead atoms. The quantitative estimate of drug-likeness (QED) is 0.852. The summed E-state index contributed by atoms with van der Waals surface area (Å²) in [6.07, 6.45) is 3.23. The second kappa shape index (κ2) is 5.32. The van der Waals surface area contributed by atoms with Crippen LogP contribution in [0.2, 0.25) is 0 Å². The standard InChI is InChI=1S/C13H18O3/c1-15-11-7-5-10(6-8-11)13-4-2-3-12(9-14)16-13/h5-8,12-14H,2-4,9H2,1H3/t12-,13+/m0/s1. The molecule has 1 N–H and O–H groups in total. The molecule has 1 aromatic carbocycles. The Morgan fingerprint density at radius 1 is 1.31 bits per heavy atom. The summed E-state index contributed by atoms with van der Waals surface area (Å²) in [5, 5.41) is 9.09. The van der Waals surface area contributed by atoms with Gasteiger partial charge in [-0.1, -0.05) is 12.1 Å². The Morgan fingerprint density at radius 2 is 2.06 bits per heavy atom. The van der Waals surface area contributed by atoms with Crippen molar-refractivity contribution in [1.82, 2.24) is 0 Å². The number of methoxy groups -OCH3 is 1. The van der Waals surface area contributed by atoms with Crippen LogP contribution in [-0.4, -0.2) is 24.9 Å². The summed E-state index contributed by atoms with van der Waals surface area (Å²) in [5.74, 6) is 0.860. The van der Waals surface area contributed by atoms with Crippen LogP contribution in [0.1, 0.15) is 30.9 Å². The van der Waals surface area contributed by atoms with Crippen molar-refractivity contribution in [2.75, 3.05) is 13.7 Å². The topological polar surface area (TPSA) is 38.7 Å². The van der Waals surface area contributed by atoms with Gasteiger partial charge in [-0.15, -0.1) is 0 Å². The van der Waals surface area contributed by atoms with Crippen LogP contribution < -0.4 is 4.74 Å². The molecule has 2 rings (SSSR count). The van der Waals surface area contributed by atoms with E-state index >= 15 is 0 Å². The van der Waals surface area contributed by atoms with Crippen LogP contribution in [0.3, 0.4) is 0 Å². The molecule has 1 aromatic rings. The number of hydrogen-bond acceptors (Lipinski definition) is 3. The molecule has 2 atom stereocenters. The van der Waals surface area contributed by atoms with Crippen LogP contribution in [0.15, 0.2) is 24.3 Å². The fourth-order valence-corrected chi connectivity index (χ4v) is 2.10. The van der Waals surface area contributed by atoms with Crippen LogP contribution >= 0.6 is 0 Å². The van der Waals surface area contributed by atoms with Gasteiger partial charge in [-0.2, -0.15) is 0 Å². The largest absolute Gasteiger partial charge is 0.497 e. The van der Waals surface area contributed by atoms with Crippen LogP contribution in [0.5, 0.6) is 5.75 Å². The van der Waals surface area contributed by atoms with Crippen molar-refractivity contribution in [3.05, 3.63) is 29.8 Å². The highest BCUT2D eigenvalue weighted by atomic mass is 16.5. The zero-order valence-electron chi connectivity index (χ0n) is 9.56. The molecular formula is C13H18O3. The Balaban J connectivity index is 2.05. The smallest absolute Gasteiger partial charge is 0.118 e. The Labute approximate surface area is 96.0 Å². The second-order valence-corrected chi connectivity index (χ2v) is 4.13. The molecule has 1 fully saturated rings. The molecule has 0 saturated carbocycles. The second-order valence-electron chi connectivity index (χ2n) is 4.13. The fraction of sp³-hybridized carbons (Fsp3) is 0.538. The number of benzene rings is 1. The molecule has 16 heavy (non-hydrogen) atoms. The van der Waals surface area contributed by atoms with Crippen molar-refractivity contribution in [2.24, 2.45) is 0 Å². The number of aliphatic hydroxyl groups is 1. The number of aliphatic hydroxyl groups excluding tert-OH is 1. The molecule has 0 spiro atoms. The van der Waals surface area contributed by atoms with Crippen LogP contribution in [-0.2, 0) is 4.74 Å². The Morgan fingerprint density at radius 3 is 2.69 bits per heavy atom. The molecule has 3 heteroatoms. The molecule has 1 aliphatic heterocycles. The summed E-state index contributed by atoms with van der Waals surface area (Å²) in [5.41, 5.74) is 1.17. The van der Waals surface area contributed by atoms with Gasteiger partial charge in [0.05, 0.1) is 25.9 Å². The van der Waals surface area contributed by atoms with Gasteiger partial charge < -0.3 is 14.6 Å². The number of ether oxygens (including phenoxy) is 2. The molecule has 3 nitrogen and oxygen atoms in total. The van der Waals surface area contributed by atoms with Crippen molar-refractivity contribution in [1.29, 1.82) is 0 Å². The summed E-state index contributed by atoms with van der Waals surface area (Å²) in [6, 6.07) is 7.95. The lowest BCUT2D eigenvalue weighted by Gasteiger charge is -2.29. The van der Waals surface area contributed by atoms with E-state index in [-0.39, 0.29) is 18.8 Å². The highest BCUT2D eigenvalue weighted by molar-refractivity contribution is 5.28. The van der Waals surface area contributed by atoms with E-state index in [1.165, 1.54) is 5.56 Å². The molecule has 0 radical (unpaired) electrons. The maximum Gasteiger partial charge on any atom is 0.118 e. The van der Waals surface area contributed by atoms with E-state index in [2.05, 4.69) is 0 Å². The summed E-state index contributed by atoms with van der Waals surface area (Å²) < 4.78 is 10.9. The zero-order chi connectivity index (χ0) is 11.4. The highest BCUT2D eigenvalue weighted by Gasteiger charge is 2.22. The average molecular weight is 222 g/mol. The predicted octanol–water partition coefficient (Wildman–Crippen LogP) is 2.30. The van der Waals surface area contributed by atoms with Crippen LogP contribution in [0.25, 0.3) is 0 Å². The molecule has 1 heterocycles. The maximum absolute atomic E-state index is 9.09. The van der Waals surface area contributed by atoms with Gasteiger partial charge in [0.2, 0.25) is 0 Å². The fourth-order valence-electron chi connectivity index (χ4n) is 2.10. The van der Waals surface area contributed by atoms with E-state index in [0.29, 0.717) is 0 Å². The minimum atomic E-state index is 0.000789. The van der Waals surface area contributed by atoms with Crippen LogP contribution in [0, 0.1) is 0 Å². The SMILES string of the molecule is COc1ccc([C@H]2CCC[C@@H](CO)O2)cc1. The van der Waals surface area contributed by atoms with Crippen molar-refractivity contribution in [2.45, 2.75) is 31.5 Å². The van der Waals surface area contributed by atoms with Crippen molar-refractivity contribution < 1.29 is 14.6 Å². The summed E-state index contributed by atoms with van der Waals surface area (Å²) in [7, 11) is 1.66. The summed E-state index contributed by atoms with van der Waals surface area (Å²) in [6.45, 7) is 0.118. The van der Waals surface area contributed by atoms with Gasteiger partial charge in [-0.3, -0.25) is 0 Å². The minimum absolute atomic E-state index is 0.000789. The molecule has 88 valence electrons. The Hall–Kier alpha value is -1.06. The first-order valence-corrected chi connectivity index (χ1v) is 5.73. The van der Waals surface area contributed by atoms with Gasteiger partial charge in [0, 0.05) is 0 Å². The molecule has 0 aliphatic carbocycles. The molecule has 0 aromatic heterocycles. The van der Waals surface area contributed by atoms with E-state index in [1.54, 1.807) is 7.11 Å². The van der Waals surface area contributed by atoms with Crippen molar-refractivity contribution in [3.63, 3.8) is 0 Å². The monoisotopic (exact) mass is 222 g/mol. The van der Waals surface area contributed by atoms with Gasteiger partial charge in [0.1, 0.15) is 5.75 Å². The highest BCUT2D eigenvalue weighted by Crippen LogP contribution is 2.31. The third-order valence-corrected chi connectivity index (χ3v) is 3.04. The van der Waals surface area contributed by atoms with E-state index in [1.807, 2.05) is 24.3 Å². The first kappa shape index (κ1) is 11.4. The van der Waals surface area contributed by atoms with Crippen molar-refractivity contribution >= 4 is 0 Å². The first-order valence-electron chi connectivity index (χ1n) is 5.73. The van der Waals surface area contributed by atoms with Gasteiger partial charge in [-0.25, -0.2) is 0 Å². The molecule has 0 amide bonds. The van der Waals surface area contributed by atoms with E-state index in [9.17, 15) is 0 Å². The van der Waals surface area contributed by atoms with E-state index in [4.69, 9.17) is 14.6 Å². The van der Waals surface area contributed by atoms with Gasteiger partial charge in [-0.05, 0) is 37.0 Å². The Bertz CT molecular complexity index is 320. The molecule has 1 aliphatic rings. The third kappa shape index (κ3) is 2.54. The lowest BCUT2D eigenvalue weighted by molar-refractivity contribution is -0.0737. The van der Waals surface area contributed by atoms with E-state index in [0.717, 1.165) is 25.0 Å². The Kier molecular flexibility index (Phi) is 3.80. The van der Waals surface area contributed by atoms with Gasteiger partial charge >= 0.3 is 0 Å². The molecular weight excluding hydrogens is 204 g/mol. The predicted molar refractivity (Wildman–Crippen MR) is 61.5 cm³/mol. The minimum Gasteiger partial charge on any atom is -0.497 e. The molecule has 1 saturated heterocycles. The van der Waals surface area contributed by atoms with E-state index < -0.39 is 0 Å². The number of hydrogen-bond donors (Lipinski definition) is 1. The third-order valence-electron chi connectivity index (χ3n) is 3.04. The average Bonchev–Trinajstić information content (AvgIpc) is 2.39. The molecule has 0 unspecified atom stereocenters. The van der Waals surface area contributed by atoms with Crippen molar-refractivity contribution in [3.8, 4) is 5.75 Å². The lowest BCUT2D eigenvalue weighted by Crippen LogP contribution is -2.25. The maximum atomic E-state index is 9.09. The van der Waals surface area contributed by atoms with Gasteiger partial charge in [0.15, 0.2) is 0 Å². The van der Waals surface area contributed by atoms with Crippen LogP contribution in [0.4, 0.5) is 0 Å². The number of rotatable bonds is 3.